The lowest BCUT2D eigenvalue weighted by Gasteiger charge is -2.29. The molecule has 1 amide bonds. The van der Waals surface area contributed by atoms with E-state index in [1.807, 2.05) is 43.3 Å². The molecular weight excluding hydrogens is 879 g/mol. The number of fused-ring (bicyclic) bond motifs is 8. The molecule has 16 nitrogen and oxygen atoms in total. The molecule has 4 aliphatic rings. The van der Waals surface area contributed by atoms with E-state index >= 15 is 0 Å². The Morgan fingerprint density at radius 3 is 1.67 bits per heavy atom. The molecule has 0 saturated carbocycles. The van der Waals surface area contributed by atoms with Crippen molar-refractivity contribution < 1.29 is 33.6 Å². The highest BCUT2D eigenvalue weighted by Crippen LogP contribution is 2.44. The number of carboxylic acids is 1. The van der Waals surface area contributed by atoms with E-state index in [-0.39, 0.29) is 17.7 Å². The molecule has 0 fully saturated rings. The molecule has 0 bridgehead atoms. The number of carbonyl (C=O) groups excluding carboxylic acids is 1. The minimum absolute atomic E-state index is 0.0563. The first-order valence-electron chi connectivity index (χ1n) is 22.4. The van der Waals surface area contributed by atoms with Gasteiger partial charge in [-0.2, -0.15) is 0 Å². The minimum Gasteiger partial charge on any atom is -0.492 e. The predicted molar refractivity (Wildman–Crippen MR) is 258 cm³/mol. The Labute approximate surface area is 390 Å². The summed E-state index contributed by atoms with van der Waals surface area (Å²) in [5.41, 5.74) is 8.62. The van der Waals surface area contributed by atoms with Crippen LogP contribution in [-0.2, 0) is 57.8 Å². The van der Waals surface area contributed by atoms with Crippen LogP contribution < -0.4 is 20.1 Å². The molecule has 0 radical (unpaired) electrons. The maximum absolute atomic E-state index is 13.4. The summed E-state index contributed by atoms with van der Waals surface area (Å²) in [6.45, 7) is 8.61. The van der Waals surface area contributed by atoms with Gasteiger partial charge in [0, 0.05) is 55.4 Å². The molecule has 4 aromatic heterocycles. The summed E-state index contributed by atoms with van der Waals surface area (Å²) in [6.07, 6.45) is 11.2. The second-order valence-electron chi connectivity index (χ2n) is 16.5. The van der Waals surface area contributed by atoms with E-state index in [0.29, 0.717) is 71.9 Å². The first-order valence-corrected chi connectivity index (χ1v) is 24.0. The summed E-state index contributed by atoms with van der Waals surface area (Å²) in [6, 6.07) is 8.22. The van der Waals surface area contributed by atoms with Crippen LogP contribution in [0.2, 0.25) is 0 Å². The number of benzene rings is 2. The third kappa shape index (κ3) is 9.32. The number of carboxylic acid groups (broad SMARTS) is 1. The van der Waals surface area contributed by atoms with Gasteiger partial charge in [-0.1, -0.05) is 0 Å². The molecule has 0 saturated heterocycles. The molecule has 66 heavy (non-hydrogen) atoms. The number of carbonyl (C=O) groups is 2. The predicted octanol–water partition coefficient (Wildman–Crippen LogP) is 7.95. The third-order valence-electron chi connectivity index (χ3n) is 12.4. The van der Waals surface area contributed by atoms with Crippen LogP contribution in [0.1, 0.15) is 69.8 Å². The number of aryl methyl sites for hydroxylation is 2. The van der Waals surface area contributed by atoms with E-state index in [0.717, 1.165) is 101 Å². The standard InChI is InChI=1S/C27H33N5O4S.C21H20N4O3S/c1-4-36-22-12-19-15-28-14-18(19)11-21(22)31-25-24-20-6-5-17(13-23(20)37-26(24)30-16-29-25)27(33)32(7-9-34-2)8-10-35-3;1-2-28-16-6-13-9-22-8-12(13)5-15(16)25-19-18-14-4-3-11(21(26)27)7-17(14)29-20(18)24-10-23-19/h11-12,14,16-17H,4-10,13,15H2,1-3H3,(H,29,30,31);5-6,8,10-11H,2-4,7,9H2,1H3,(H,26,27)(H,23,24,25). The van der Waals surface area contributed by atoms with Gasteiger partial charge in [0.15, 0.2) is 0 Å². The quantitative estimate of drug-likeness (QED) is 0.0847. The topological polar surface area (TPSA) is 195 Å². The number of hydrogen-bond donors (Lipinski definition) is 3. The molecule has 2 aromatic carbocycles. The first kappa shape index (κ1) is 45.1. The summed E-state index contributed by atoms with van der Waals surface area (Å²) < 4.78 is 22.2. The van der Waals surface area contributed by atoms with Crippen molar-refractivity contribution in [1.82, 2.24) is 24.8 Å². The fraction of sp³-hybridized carbons (Fsp3) is 0.417. The number of aromatic nitrogens is 4. The van der Waals surface area contributed by atoms with Gasteiger partial charge in [-0.15, -0.1) is 22.7 Å². The number of anilines is 4. The Morgan fingerprint density at radius 2 is 1.20 bits per heavy atom. The zero-order valence-corrected chi connectivity index (χ0v) is 39.1. The van der Waals surface area contributed by atoms with Gasteiger partial charge in [-0.3, -0.25) is 19.6 Å². The summed E-state index contributed by atoms with van der Waals surface area (Å²) in [7, 11) is 3.31. The van der Waals surface area contributed by atoms with Crippen molar-refractivity contribution in [3.63, 3.8) is 0 Å². The number of nitrogens with zero attached hydrogens (tertiary/aromatic N) is 7. The fourth-order valence-corrected chi connectivity index (χ4v) is 11.6. The molecule has 10 rings (SSSR count). The van der Waals surface area contributed by atoms with Crippen molar-refractivity contribution in [1.29, 1.82) is 0 Å². The lowest BCUT2D eigenvalue weighted by Crippen LogP contribution is -2.41. The van der Waals surface area contributed by atoms with E-state index < -0.39 is 5.97 Å². The van der Waals surface area contributed by atoms with Crippen LogP contribution in [0, 0.1) is 11.8 Å². The molecule has 2 aliphatic carbocycles. The van der Waals surface area contributed by atoms with Crippen molar-refractivity contribution in [2.45, 2.75) is 65.5 Å². The largest absolute Gasteiger partial charge is 0.492 e. The van der Waals surface area contributed by atoms with Gasteiger partial charge in [0.1, 0.15) is 45.5 Å². The van der Waals surface area contributed by atoms with Gasteiger partial charge in [-0.05, 0) is 110 Å². The lowest BCUT2D eigenvalue weighted by atomic mass is 9.86. The van der Waals surface area contributed by atoms with Gasteiger partial charge < -0.3 is 39.6 Å². The average molecular weight is 932 g/mol. The van der Waals surface area contributed by atoms with Gasteiger partial charge in [0.2, 0.25) is 5.91 Å². The minimum atomic E-state index is -0.723. The van der Waals surface area contributed by atoms with Crippen LogP contribution in [0.4, 0.5) is 23.0 Å². The molecule has 344 valence electrons. The van der Waals surface area contributed by atoms with Crippen molar-refractivity contribution in [2.75, 3.05) is 64.4 Å². The number of thiophene rings is 2. The van der Waals surface area contributed by atoms with Crippen molar-refractivity contribution in [3.8, 4) is 11.5 Å². The van der Waals surface area contributed by atoms with E-state index in [1.54, 1.807) is 49.5 Å². The third-order valence-corrected chi connectivity index (χ3v) is 14.7. The smallest absolute Gasteiger partial charge is 0.306 e. The zero-order chi connectivity index (χ0) is 45.7. The zero-order valence-electron chi connectivity index (χ0n) is 37.5. The number of aliphatic imine (C=N–C) groups is 2. The van der Waals surface area contributed by atoms with Crippen molar-refractivity contribution >= 4 is 90.4 Å². The van der Waals surface area contributed by atoms with Crippen LogP contribution in [0.25, 0.3) is 20.4 Å². The second kappa shape index (κ2) is 20.2. The SMILES string of the molecule is CCOc1cc2c(cc1Nc1ncnc3sc4c(c13)CCC(C(=O)N(CCOC)CCOC)C4)C=NC2.CCOc1cc2c(cc1Nc1ncnc3sc4c(c13)CCC(C(=O)O)C4)C=NC2. The van der Waals surface area contributed by atoms with Crippen LogP contribution in [0.15, 0.2) is 46.9 Å². The Bertz CT molecular complexity index is 2830. The Balaban J connectivity index is 0.000000171. The fourth-order valence-electron chi connectivity index (χ4n) is 9.10. The number of amides is 1. The number of rotatable bonds is 16. The van der Waals surface area contributed by atoms with Crippen LogP contribution in [0.3, 0.4) is 0 Å². The maximum Gasteiger partial charge on any atom is 0.306 e. The molecule has 2 atom stereocenters. The molecule has 2 unspecified atom stereocenters. The van der Waals surface area contributed by atoms with E-state index in [1.165, 1.54) is 16.0 Å². The molecule has 3 N–H and O–H groups in total. The Morgan fingerprint density at radius 1 is 0.712 bits per heavy atom. The van der Waals surface area contributed by atoms with Crippen molar-refractivity contribution in [3.05, 3.63) is 80.1 Å². The van der Waals surface area contributed by atoms with E-state index in [4.69, 9.17) is 18.9 Å². The van der Waals surface area contributed by atoms with Gasteiger partial charge in [0.25, 0.3) is 0 Å². The van der Waals surface area contributed by atoms with Crippen LogP contribution in [-0.4, -0.2) is 108 Å². The number of nitrogens with one attached hydrogen (secondary N) is 2. The number of ether oxygens (including phenoxy) is 4. The van der Waals surface area contributed by atoms with Gasteiger partial charge in [0.05, 0.1) is 67.6 Å². The molecule has 0 spiro atoms. The summed E-state index contributed by atoms with van der Waals surface area (Å²) in [5, 5.41) is 18.4. The van der Waals surface area contributed by atoms with Crippen LogP contribution in [0.5, 0.6) is 11.5 Å². The molecule has 6 heterocycles. The normalized spacial score (nSPS) is 16.5. The highest BCUT2D eigenvalue weighted by Gasteiger charge is 2.32. The molecule has 18 heteroatoms. The summed E-state index contributed by atoms with van der Waals surface area (Å²) in [5.74, 6) is 2.14. The second-order valence-corrected chi connectivity index (χ2v) is 18.7. The number of methoxy groups -OCH3 is 2. The van der Waals surface area contributed by atoms with Gasteiger partial charge >= 0.3 is 5.97 Å². The maximum atomic E-state index is 13.4. The number of hydrogen-bond acceptors (Lipinski definition) is 16. The molecule has 2 aliphatic heterocycles. The van der Waals surface area contributed by atoms with Crippen LogP contribution >= 0.6 is 22.7 Å². The Hall–Kier alpha value is -6.08. The molecule has 6 aromatic rings. The summed E-state index contributed by atoms with van der Waals surface area (Å²) in [4.78, 5) is 57.7. The number of aliphatic carboxylic acids is 1. The molecular formula is C48H53N9O7S2. The lowest BCUT2D eigenvalue weighted by molar-refractivity contribution is -0.142. The van der Waals surface area contributed by atoms with Crippen molar-refractivity contribution in [2.24, 2.45) is 21.8 Å². The summed E-state index contributed by atoms with van der Waals surface area (Å²) >= 11 is 3.24. The highest BCUT2D eigenvalue weighted by atomic mass is 32.1. The van der Waals surface area contributed by atoms with E-state index in [9.17, 15) is 14.7 Å². The van der Waals surface area contributed by atoms with Gasteiger partial charge in [-0.25, -0.2) is 19.9 Å². The monoisotopic (exact) mass is 931 g/mol. The first-order chi connectivity index (χ1) is 32.3. The highest BCUT2D eigenvalue weighted by molar-refractivity contribution is 7.19. The Kier molecular flexibility index (Phi) is 13.8. The average Bonchev–Trinajstić information content (AvgIpc) is 4.14. The van der Waals surface area contributed by atoms with E-state index in [2.05, 4.69) is 52.7 Å².